The minimum Gasteiger partial charge on any atom is -0.493 e. The number of rotatable bonds is 6. The fourth-order valence-corrected chi connectivity index (χ4v) is 2.78. The smallest absolute Gasteiger partial charge is 0.119 e. The molecule has 0 spiro atoms. The third-order valence-corrected chi connectivity index (χ3v) is 4.03. The Morgan fingerprint density at radius 2 is 2.12 bits per heavy atom. The molecule has 0 heterocycles. The van der Waals surface area contributed by atoms with Crippen LogP contribution in [0.3, 0.4) is 0 Å². The summed E-state index contributed by atoms with van der Waals surface area (Å²) < 4.78 is 5.89. The van der Waals surface area contributed by atoms with Gasteiger partial charge < -0.3 is 4.74 Å². The molecule has 1 aliphatic carbocycles. The second kappa shape index (κ2) is 6.34. The summed E-state index contributed by atoms with van der Waals surface area (Å²) in [5.41, 5.74) is 3.00. The van der Waals surface area contributed by atoms with Crippen LogP contribution in [0.5, 0.6) is 5.75 Å². The van der Waals surface area contributed by atoms with E-state index in [4.69, 9.17) is 4.74 Å². The van der Waals surface area contributed by atoms with E-state index in [1.54, 1.807) is 0 Å². The van der Waals surface area contributed by atoms with Gasteiger partial charge in [0.15, 0.2) is 0 Å². The van der Waals surface area contributed by atoms with Crippen molar-refractivity contribution in [1.82, 2.24) is 0 Å². The highest BCUT2D eigenvalue weighted by atomic mass is 32.1. The Morgan fingerprint density at radius 1 is 1.29 bits per heavy atom. The van der Waals surface area contributed by atoms with Gasteiger partial charge in [-0.1, -0.05) is 19.4 Å². The van der Waals surface area contributed by atoms with E-state index in [-0.39, 0.29) is 0 Å². The fraction of sp³-hybridized carbons (Fsp3) is 0.600. The molecule has 0 aromatic heterocycles. The van der Waals surface area contributed by atoms with Gasteiger partial charge in [-0.15, -0.1) is 0 Å². The van der Waals surface area contributed by atoms with Crippen molar-refractivity contribution in [2.45, 2.75) is 39.0 Å². The van der Waals surface area contributed by atoms with Crippen LogP contribution in [0.2, 0.25) is 0 Å². The summed E-state index contributed by atoms with van der Waals surface area (Å²) in [5, 5.41) is 0. The van der Waals surface area contributed by atoms with Crippen molar-refractivity contribution in [2.75, 3.05) is 12.4 Å². The van der Waals surface area contributed by atoms with Crippen LogP contribution in [0.4, 0.5) is 0 Å². The van der Waals surface area contributed by atoms with E-state index in [0.29, 0.717) is 5.92 Å². The van der Waals surface area contributed by atoms with Gasteiger partial charge in [0.25, 0.3) is 0 Å². The molecule has 1 unspecified atom stereocenters. The summed E-state index contributed by atoms with van der Waals surface area (Å²) in [5.74, 6) is 2.53. The Kier molecular flexibility index (Phi) is 4.78. The Labute approximate surface area is 110 Å². The Morgan fingerprint density at radius 3 is 2.88 bits per heavy atom. The first-order valence-electron chi connectivity index (χ1n) is 6.69. The molecule has 1 aromatic rings. The van der Waals surface area contributed by atoms with Gasteiger partial charge in [-0.2, -0.15) is 12.6 Å². The molecule has 17 heavy (non-hydrogen) atoms. The van der Waals surface area contributed by atoms with E-state index in [0.717, 1.165) is 18.1 Å². The first-order chi connectivity index (χ1) is 8.33. The van der Waals surface area contributed by atoms with Crippen LogP contribution < -0.4 is 4.74 Å². The predicted octanol–water partition coefficient (Wildman–Crippen LogP) is 3.90. The standard InChI is InChI=1S/C15H22OS/c1-2-4-12(11-17)10-16-15-8-7-13-5-3-6-14(13)9-15/h7-9,12,17H,2-6,10-11H2,1H3. The lowest BCUT2D eigenvalue weighted by Gasteiger charge is -2.15. The first-order valence-corrected chi connectivity index (χ1v) is 7.32. The Bertz CT molecular complexity index is 362. The van der Waals surface area contributed by atoms with Crippen LogP contribution in [0.15, 0.2) is 18.2 Å². The number of benzene rings is 1. The topological polar surface area (TPSA) is 9.23 Å². The molecule has 1 atom stereocenters. The van der Waals surface area contributed by atoms with E-state index in [1.165, 1.54) is 43.2 Å². The maximum absolute atomic E-state index is 5.89. The molecule has 0 amide bonds. The second-order valence-corrected chi connectivity index (χ2v) is 5.30. The van der Waals surface area contributed by atoms with Gasteiger partial charge in [0.05, 0.1) is 6.61 Å². The molecule has 0 radical (unpaired) electrons. The van der Waals surface area contributed by atoms with Crippen molar-refractivity contribution in [2.24, 2.45) is 5.92 Å². The Hall–Kier alpha value is -0.630. The van der Waals surface area contributed by atoms with Gasteiger partial charge in [-0.3, -0.25) is 0 Å². The van der Waals surface area contributed by atoms with Crippen molar-refractivity contribution >= 4 is 12.6 Å². The van der Waals surface area contributed by atoms with Crippen molar-refractivity contribution in [3.05, 3.63) is 29.3 Å². The highest BCUT2D eigenvalue weighted by Gasteiger charge is 2.12. The van der Waals surface area contributed by atoms with Crippen LogP contribution in [-0.2, 0) is 12.8 Å². The zero-order valence-electron chi connectivity index (χ0n) is 10.6. The zero-order valence-corrected chi connectivity index (χ0v) is 11.5. The number of ether oxygens (including phenoxy) is 1. The number of fused-ring (bicyclic) bond motifs is 1. The van der Waals surface area contributed by atoms with Crippen molar-refractivity contribution < 1.29 is 4.74 Å². The summed E-state index contributed by atoms with van der Waals surface area (Å²) in [6.07, 6.45) is 6.17. The molecule has 2 heteroatoms. The largest absolute Gasteiger partial charge is 0.493 e. The monoisotopic (exact) mass is 250 g/mol. The fourth-order valence-electron chi connectivity index (χ4n) is 2.49. The molecule has 1 aliphatic rings. The lowest BCUT2D eigenvalue weighted by Crippen LogP contribution is -2.13. The van der Waals surface area contributed by atoms with Crippen molar-refractivity contribution in [3.63, 3.8) is 0 Å². The molecule has 94 valence electrons. The predicted molar refractivity (Wildman–Crippen MR) is 76.2 cm³/mol. The second-order valence-electron chi connectivity index (χ2n) is 4.93. The zero-order chi connectivity index (χ0) is 12.1. The number of hydrogen-bond donors (Lipinski definition) is 1. The minimum atomic E-state index is 0.580. The quantitative estimate of drug-likeness (QED) is 0.753. The minimum absolute atomic E-state index is 0.580. The van der Waals surface area contributed by atoms with E-state index in [9.17, 15) is 0 Å². The van der Waals surface area contributed by atoms with Gasteiger partial charge >= 0.3 is 0 Å². The molecular weight excluding hydrogens is 228 g/mol. The van der Waals surface area contributed by atoms with Crippen molar-refractivity contribution in [1.29, 1.82) is 0 Å². The maximum Gasteiger partial charge on any atom is 0.119 e. The summed E-state index contributed by atoms with van der Waals surface area (Å²) in [6, 6.07) is 6.57. The highest BCUT2D eigenvalue weighted by Crippen LogP contribution is 2.26. The van der Waals surface area contributed by atoms with E-state index in [1.807, 2.05) is 0 Å². The third-order valence-electron chi connectivity index (χ3n) is 3.51. The summed E-state index contributed by atoms with van der Waals surface area (Å²) in [7, 11) is 0. The van der Waals surface area contributed by atoms with Crippen LogP contribution in [-0.4, -0.2) is 12.4 Å². The van der Waals surface area contributed by atoms with E-state index < -0.39 is 0 Å². The molecule has 0 N–H and O–H groups in total. The third kappa shape index (κ3) is 3.41. The van der Waals surface area contributed by atoms with Gasteiger partial charge in [-0.05, 0) is 54.7 Å². The summed E-state index contributed by atoms with van der Waals surface area (Å²) in [6.45, 7) is 3.02. The number of aryl methyl sites for hydroxylation is 2. The van der Waals surface area contributed by atoms with Gasteiger partial charge in [0.2, 0.25) is 0 Å². The van der Waals surface area contributed by atoms with Gasteiger partial charge in [0, 0.05) is 5.92 Å². The molecule has 1 nitrogen and oxygen atoms in total. The molecule has 1 aromatic carbocycles. The normalized spacial score (nSPS) is 15.6. The highest BCUT2D eigenvalue weighted by molar-refractivity contribution is 7.80. The number of thiol groups is 1. The molecule has 0 aliphatic heterocycles. The average molecular weight is 250 g/mol. The lowest BCUT2D eigenvalue weighted by atomic mass is 10.1. The lowest BCUT2D eigenvalue weighted by molar-refractivity contribution is 0.254. The van der Waals surface area contributed by atoms with Gasteiger partial charge in [0.1, 0.15) is 5.75 Å². The van der Waals surface area contributed by atoms with Crippen LogP contribution in [0.1, 0.15) is 37.3 Å². The molecular formula is C15H22OS. The van der Waals surface area contributed by atoms with Crippen molar-refractivity contribution in [3.8, 4) is 5.75 Å². The van der Waals surface area contributed by atoms with Crippen LogP contribution >= 0.6 is 12.6 Å². The Balaban J connectivity index is 1.90. The van der Waals surface area contributed by atoms with Crippen LogP contribution in [0.25, 0.3) is 0 Å². The molecule has 0 fully saturated rings. The maximum atomic E-state index is 5.89. The molecule has 0 saturated carbocycles. The number of hydrogen-bond acceptors (Lipinski definition) is 2. The van der Waals surface area contributed by atoms with E-state index >= 15 is 0 Å². The van der Waals surface area contributed by atoms with Gasteiger partial charge in [-0.25, -0.2) is 0 Å². The van der Waals surface area contributed by atoms with Crippen LogP contribution in [0, 0.1) is 5.92 Å². The van der Waals surface area contributed by atoms with E-state index in [2.05, 4.69) is 37.8 Å². The molecule has 2 rings (SSSR count). The average Bonchev–Trinajstić information content (AvgIpc) is 2.81. The summed E-state index contributed by atoms with van der Waals surface area (Å²) in [4.78, 5) is 0. The summed E-state index contributed by atoms with van der Waals surface area (Å²) >= 11 is 4.38. The molecule has 0 bridgehead atoms. The SMILES string of the molecule is CCCC(CS)COc1ccc2c(c1)CCC2. The molecule has 0 saturated heterocycles. The first kappa shape index (κ1) is 12.8.